The van der Waals surface area contributed by atoms with Crippen molar-refractivity contribution in [1.82, 2.24) is 0 Å². The number of esters is 2. The lowest BCUT2D eigenvalue weighted by Gasteiger charge is -2.54. The van der Waals surface area contributed by atoms with Gasteiger partial charge in [-0.15, -0.1) is 6.58 Å². The lowest BCUT2D eigenvalue weighted by molar-refractivity contribution is -0.228. The molecule has 1 saturated carbocycles. The Morgan fingerprint density at radius 3 is 2.42 bits per heavy atom. The molecule has 2 aliphatic rings. The van der Waals surface area contributed by atoms with E-state index in [4.69, 9.17) is 9.47 Å². The monoisotopic (exact) mass is 362 g/mol. The van der Waals surface area contributed by atoms with Crippen LogP contribution in [0.25, 0.3) is 0 Å². The highest BCUT2D eigenvalue weighted by Crippen LogP contribution is 2.55. The van der Waals surface area contributed by atoms with E-state index in [1.54, 1.807) is 33.8 Å². The van der Waals surface area contributed by atoms with Crippen molar-refractivity contribution in [1.29, 1.82) is 0 Å². The molecule has 6 heteroatoms. The number of hydrogen-bond donors (Lipinski definition) is 2. The van der Waals surface area contributed by atoms with Crippen molar-refractivity contribution in [2.75, 3.05) is 0 Å². The standard InChI is InChI=1S/C20H26O6/c1-8-11(5)17(22)26-16-14(21)20(24)12(6)18(23)25-15(20)13(10(3)4)19(16,7)9-2/h8-9,13-16,21,24H,2-3,6H2,1,4-5,7H3/b11-8-/t13-,14-,15-,16-,19+,20+/m0/s1. The van der Waals surface area contributed by atoms with Gasteiger partial charge in [-0.3, -0.25) is 0 Å². The Balaban J connectivity index is 2.64. The van der Waals surface area contributed by atoms with Crippen molar-refractivity contribution < 1.29 is 29.3 Å². The Morgan fingerprint density at radius 1 is 1.38 bits per heavy atom. The van der Waals surface area contributed by atoms with Crippen molar-refractivity contribution in [2.24, 2.45) is 11.3 Å². The largest absolute Gasteiger partial charge is 0.455 e. The second kappa shape index (κ2) is 6.52. The van der Waals surface area contributed by atoms with E-state index < -0.39 is 47.2 Å². The third-order valence-electron chi connectivity index (χ3n) is 5.68. The average Bonchev–Trinajstić information content (AvgIpc) is 2.82. The second-order valence-electron chi connectivity index (χ2n) is 7.27. The molecule has 1 aliphatic carbocycles. The summed E-state index contributed by atoms with van der Waals surface area (Å²) in [7, 11) is 0. The molecule has 6 nitrogen and oxygen atoms in total. The predicted octanol–water partition coefficient (Wildman–Crippen LogP) is 1.84. The van der Waals surface area contributed by atoms with Crippen molar-refractivity contribution in [3.8, 4) is 0 Å². The number of carbonyl (C=O) groups excluding carboxylic acids is 2. The number of hydrogen-bond acceptors (Lipinski definition) is 6. The van der Waals surface area contributed by atoms with Gasteiger partial charge in [0.2, 0.25) is 0 Å². The molecule has 0 amide bonds. The lowest BCUT2D eigenvalue weighted by Crippen LogP contribution is -2.69. The topological polar surface area (TPSA) is 93.1 Å². The number of fused-ring (bicyclic) bond motifs is 1. The molecule has 2 fully saturated rings. The SMILES string of the molecule is C=C[C@@]1(C)[C@@H](OC(=O)/C(C)=C\C)[C@H](O)[C@]2(O)C(=C)C(=O)O[C@H]2[C@@H]1C(=C)C. The summed E-state index contributed by atoms with van der Waals surface area (Å²) in [6, 6.07) is 0. The molecule has 26 heavy (non-hydrogen) atoms. The van der Waals surface area contributed by atoms with E-state index in [1.165, 1.54) is 6.08 Å². The Hall–Kier alpha value is -2.18. The minimum absolute atomic E-state index is 0.267. The van der Waals surface area contributed by atoms with Gasteiger partial charge >= 0.3 is 11.9 Å². The molecule has 1 heterocycles. The molecule has 142 valence electrons. The molecule has 0 spiro atoms. The van der Waals surface area contributed by atoms with Gasteiger partial charge in [0.25, 0.3) is 0 Å². The summed E-state index contributed by atoms with van der Waals surface area (Å²) in [5, 5.41) is 22.1. The molecule has 0 unspecified atom stereocenters. The Morgan fingerprint density at radius 2 is 1.96 bits per heavy atom. The summed E-state index contributed by atoms with van der Waals surface area (Å²) in [5.74, 6) is -2.07. The number of carbonyl (C=O) groups is 2. The minimum atomic E-state index is -2.09. The fourth-order valence-electron chi connectivity index (χ4n) is 3.90. The maximum atomic E-state index is 12.3. The Labute approximate surface area is 153 Å². The van der Waals surface area contributed by atoms with E-state index in [1.807, 2.05) is 0 Å². The summed E-state index contributed by atoms with van der Waals surface area (Å²) in [4.78, 5) is 24.4. The van der Waals surface area contributed by atoms with Crippen LogP contribution in [0.15, 0.2) is 48.6 Å². The van der Waals surface area contributed by atoms with Crippen LogP contribution in [-0.4, -0.2) is 46.1 Å². The van der Waals surface area contributed by atoms with E-state index in [0.717, 1.165) is 0 Å². The Kier molecular flexibility index (Phi) is 5.05. The van der Waals surface area contributed by atoms with Gasteiger partial charge in [-0.05, 0) is 20.8 Å². The van der Waals surface area contributed by atoms with Gasteiger partial charge in [0.15, 0.2) is 5.60 Å². The maximum Gasteiger partial charge on any atom is 0.337 e. The summed E-state index contributed by atoms with van der Waals surface area (Å²) in [5.41, 5.74) is -2.44. The van der Waals surface area contributed by atoms with Crippen molar-refractivity contribution >= 4 is 11.9 Å². The van der Waals surface area contributed by atoms with Crippen LogP contribution in [0.1, 0.15) is 27.7 Å². The van der Waals surface area contributed by atoms with E-state index in [0.29, 0.717) is 11.1 Å². The smallest absolute Gasteiger partial charge is 0.337 e. The van der Waals surface area contributed by atoms with Crippen LogP contribution in [0.5, 0.6) is 0 Å². The number of aliphatic hydroxyl groups is 2. The molecule has 0 aromatic rings. The third-order valence-corrected chi connectivity index (χ3v) is 5.68. The molecular formula is C20H26O6. The summed E-state index contributed by atoms with van der Waals surface area (Å²) in [6.45, 7) is 18.0. The predicted molar refractivity (Wildman–Crippen MR) is 95.9 cm³/mol. The molecule has 2 rings (SSSR count). The molecule has 6 atom stereocenters. The van der Waals surface area contributed by atoms with Crippen LogP contribution in [0.2, 0.25) is 0 Å². The normalized spacial score (nSPS) is 39.8. The van der Waals surface area contributed by atoms with Crippen LogP contribution in [0, 0.1) is 11.3 Å². The van der Waals surface area contributed by atoms with E-state index in [9.17, 15) is 19.8 Å². The highest BCUT2D eigenvalue weighted by molar-refractivity contribution is 5.93. The van der Waals surface area contributed by atoms with Gasteiger partial charge in [-0.25, -0.2) is 9.59 Å². The van der Waals surface area contributed by atoms with Gasteiger partial charge in [-0.2, -0.15) is 0 Å². The number of allylic oxidation sites excluding steroid dienone is 1. The fourth-order valence-corrected chi connectivity index (χ4v) is 3.90. The fraction of sp³-hybridized carbons (Fsp3) is 0.500. The molecule has 1 aliphatic heterocycles. The van der Waals surface area contributed by atoms with Crippen molar-refractivity contribution in [3.63, 3.8) is 0 Å². The number of aliphatic hydroxyl groups excluding tert-OH is 1. The summed E-state index contributed by atoms with van der Waals surface area (Å²) < 4.78 is 10.9. The third kappa shape index (κ3) is 2.56. The molecule has 0 aromatic heterocycles. The molecule has 2 N–H and O–H groups in total. The zero-order valence-electron chi connectivity index (χ0n) is 15.6. The molecule has 1 saturated heterocycles. The number of rotatable bonds is 4. The van der Waals surface area contributed by atoms with Gasteiger partial charge in [0, 0.05) is 16.9 Å². The minimum Gasteiger partial charge on any atom is -0.455 e. The Bertz CT molecular complexity index is 720. The van der Waals surface area contributed by atoms with Crippen molar-refractivity contribution in [2.45, 2.75) is 51.6 Å². The molecule has 0 bridgehead atoms. The quantitative estimate of drug-likeness (QED) is 0.450. The van der Waals surface area contributed by atoms with E-state index in [2.05, 4.69) is 19.7 Å². The first-order chi connectivity index (χ1) is 12.0. The van der Waals surface area contributed by atoms with E-state index in [-0.39, 0.29) is 5.57 Å². The first kappa shape index (κ1) is 20.1. The van der Waals surface area contributed by atoms with Crippen LogP contribution in [-0.2, 0) is 19.1 Å². The lowest BCUT2D eigenvalue weighted by atomic mass is 9.56. The zero-order chi connectivity index (χ0) is 20.0. The van der Waals surface area contributed by atoms with Gasteiger partial charge in [0.05, 0.1) is 5.57 Å². The van der Waals surface area contributed by atoms with Gasteiger partial charge < -0.3 is 19.7 Å². The van der Waals surface area contributed by atoms with Crippen molar-refractivity contribution in [3.05, 3.63) is 48.6 Å². The summed E-state index contributed by atoms with van der Waals surface area (Å²) >= 11 is 0. The van der Waals surface area contributed by atoms with Crippen LogP contribution >= 0.6 is 0 Å². The van der Waals surface area contributed by atoms with Gasteiger partial charge in [0.1, 0.15) is 18.3 Å². The maximum absolute atomic E-state index is 12.3. The average molecular weight is 362 g/mol. The molecular weight excluding hydrogens is 336 g/mol. The van der Waals surface area contributed by atoms with Crippen LogP contribution in [0.3, 0.4) is 0 Å². The zero-order valence-corrected chi connectivity index (χ0v) is 15.6. The number of ether oxygens (including phenoxy) is 2. The highest BCUT2D eigenvalue weighted by atomic mass is 16.6. The summed E-state index contributed by atoms with van der Waals surface area (Å²) in [6.07, 6.45) is -0.795. The highest BCUT2D eigenvalue weighted by Gasteiger charge is 2.70. The molecule has 0 radical (unpaired) electrons. The first-order valence-corrected chi connectivity index (χ1v) is 8.40. The van der Waals surface area contributed by atoms with E-state index >= 15 is 0 Å². The van der Waals surface area contributed by atoms with Crippen LogP contribution < -0.4 is 0 Å². The van der Waals surface area contributed by atoms with Crippen LogP contribution in [0.4, 0.5) is 0 Å². The second-order valence-corrected chi connectivity index (χ2v) is 7.27. The molecule has 0 aromatic carbocycles. The van der Waals surface area contributed by atoms with Gasteiger partial charge in [-0.1, -0.05) is 37.8 Å². The first-order valence-electron chi connectivity index (χ1n) is 8.40.